The molecule has 0 aromatic rings. The number of nitrogens with one attached hydrogen (secondary N) is 2. The van der Waals surface area contributed by atoms with Crippen LogP contribution in [-0.4, -0.2) is 67.0 Å². The van der Waals surface area contributed by atoms with Crippen molar-refractivity contribution >= 4 is 11.9 Å². The highest BCUT2D eigenvalue weighted by Gasteiger charge is 2.36. The van der Waals surface area contributed by atoms with Crippen LogP contribution in [0, 0.1) is 0 Å². The Balaban J connectivity index is 1.97. The second-order valence-corrected chi connectivity index (χ2v) is 4.76. The van der Waals surface area contributed by atoms with E-state index in [0.717, 1.165) is 39.0 Å². The molecule has 2 aliphatic heterocycles. The summed E-state index contributed by atoms with van der Waals surface area (Å²) in [7, 11) is 0. The Morgan fingerprint density at radius 3 is 2.67 bits per heavy atom. The van der Waals surface area contributed by atoms with E-state index in [1.54, 1.807) is 4.90 Å². The first kappa shape index (κ1) is 13.1. The highest BCUT2D eigenvalue weighted by molar-refractivity contribution is 5.87. The first-order valence-electron chi connectivity index (χ1n) is 6.78. The van der Waals surface area contributed by atoms with Crippen LogP contribution in [0.5, 0.6) is 0 Å². The van der Waals surface area contributed by atoms with Crippen molar-refractivity contribution in [1.29, 1.82) is 0 Å². The summed E-state index contributed by atoms with van der Waals surface area (Å²) in [5.74, 6) is 0.111. The van der Waals surface area contributed by atoms with Gasteiger partial charge in [0.15, 0.2) is 0 Å². The predicted molar refractivity (Wildman–Crippen MR) is 68.3 cm³/mol. The van der Waals surface area contributed by atoms with Gasteiger partial charge in [-0.1, -0.05) is 0 Å². The molecule has 6 heteroatoms. The fourth-order valence-corrected chi connectivity index (χ4v) is 2.62. The zero-order valence-electron chi connectivity index (χ0n) is 10.9. The number of amides is 3. The van der Waals surface area contributed by atoms with E-state index in [4.69, 9.17) is 0 Å². The molecule has 0 bridgehead atoms. The van der Waals surface area contributed by atoms with Crippen LogP contribution in [0.1, 0.15) is 19.8 Å². The van der Waals surface area contributed by atoms with Crippen molar-refractivity contribution in [2.45, 2.75) is 25.8 Å². The molecule has 0 aliphatic carbocycles. The van der Waals surface area contributed by atoms with Crippen molar-refractivity contribution in [3.8, 4) is 0 Å². The molecule has 2 aliphatic rings. The van der Waals surface area contributed by atoms with Gasteiger partial charge in [0.05, 0.1) is 0 Å². The van der Waals surface area contributed by atoms with Gasteiger partial charge in [0.25, 0.3) is 0 Å². The third-order valence-corrected chi connectivity index (χ3v) is 3.56. The molecule has 0 aromatic heterocycles. The summed E-state index contributed by atoms with van der Waals surface area (Å²) in [6.07, 6.45) is 1.71. The van der Waals surface area contributed by atoms with Crippen LogP contribution in [0.25, 0.3) is 0 Å². The lowest BCUT2D eigenvalue weighted by Gasteiger charge is -2.32. The maximum Gasteiger partial charge on any atom is 0.318 e. The van der Waals surface area contributed by atoms with Crippen LogP contribution >= 0.6 is 0 Å². The van der Waals surface area contributed by atoms with Gasteiger partial charge in [0, 0.05) is 39.3 Å². The number of rotatable bonds is 2. The van der Waals surface area contributed by atoms with Gasteiger partial charge in [-0.15, -0.1) is 0 Å². The number of urea groups is 1. The van der Waals surface area contributed by atoms with Crippen LogP contribution in [0.15, 0.2) is 0 Å². The number of hydrogen-bond acceptors (Lipinski definition) is 3. The van der Waals surface area contributed by atoms with Crippen molar-refractivity contribution in [2.75, 3.05) is 39.3 Å². The highest BCUT2D eigenvalue weighted by atomic mass is 16.2. The van der Waals surface area contributed by atoms with Gasteiger partial charge in [0.1, 0.15) is 6.04 Å². The third-order valence-electron chi connectivity index (χ3n) is 3.56. The SMILES string of the molecule is CCNC(=O)N1CCCC1C(=O)N1CCNCC1. The van der Waals surface area contributed by atoms with E-state index >= 15 is 0 Å². The van der Waals surface area contributed by atoms with Crippen LogP contribution in [0.2, 0.25) is 0 Å². The number of nitrogens with zero attached hydrogens (tertiary/aromatic N) is 2. The first-order valence-corrected chi connectivity index (χ1v) is 6.78. The Morgan fingerprint density at radius 1 is 1.28 bits per heavy atom. The van der Waals surface area contributed by atoms with E-state index in [9.17, 15) is 9.59 Å². The number of hydrogen-bond donors (Lipinski definition) is 2. The van der Waals surface area contributed by atoms with Crippen LogP contribution in [-0.2, 0) is 4.79 Å². The van der Waals surface area contributed by atoms with E-state index in [-0.39, 0.29) is 18.0 Å². The second-order valence-electron chi connectivity index (χ2n) is 4.76. The molecule has 0 saturated carbocycles. The summed E-state index contributed by atoms with van der Waals surface area (Å²) in [5.41, 5.74) is 0. The van der Waals surface area contributed by atoms with E-state index in [2.05, 4.69) is 10.6 Å². The third kappa shape index (κ3) is 2.75. The van der Waals surface area contributed by atoms with Crippen LogP contribution in [0.4, 0.5) is 4.79 Å². The Morgan fingerprint density at radius 2 is 2.00 bits per heavy atom. The molecule has 1 atom stereocenters. The molecule has 0 radical (unpaired) electrons. The zero-order valence-corrected chi connectivity index (χ0v) is 10.9. The quantitative estimate of drug-likeness (QED) is 0.705. The molecule has 1 unspecified atom stereocenters. The summed E-state index contributed by atoms with van der Waals surface area (Å²) < 4.78 is 0. The van der Waals surface area contributed by atoms with Gasteiger partial charge in [0.2, 0.25) is 5.91 Å². The monoisotopic (exact) mass is 254 g/mol. The predicted octanol–water partition coefficient (Wildman–Crippen LogP) is -0.388. The largest absolute Gasteiger partial charge is 0.338 e. The van der Waals surface area contributed by atoms with Gasteiger partial charge in [-0.25, -0.2) is 4.79 Å². The minimum Gasteiger partial charge on any atom is -0.338 e. The lowest BCUT2D eigenvalue weighted by molar-refractivity contribution is -0.135. The molecule has 0 spiro atoms. The van der Waals surface area contributed by atoms with Crippen molar-refractivity contribution < 1.29 is 9.59 Å². The van der Waals surface area contributed by atoms with Crippen LogP contribution in [0.3, 0.4) is 0 Å². The molecule has 6 nitrogen and oxygen atoms in total. The minimum atomic E-state index is -0.255. The lowest BCUT2D eigenvalue weighted by atomic mass is 10.2. The van der Waals surface area contributed by atoms with Crippen molar-refractivity contribution in [2.24, 2.45) is 0 Å². The average Bonchev–Trinajstić information content (AvgIpc) is 2.88. The van der Waals surface area contributed by atoms with E-state index in [1.165, 1.54) is 0 Å². The Hall–Kier alpha value is -1.30. The molecule has 0 aromatic carbocycles. The summed E-state index contributed by atoms with van der Waals surface area (Å²) in [6.45, 7) is 6.37. The minimum absolute atomic E-state index is 0.108. The maximum atomic E-state index is 12.4. The van der Waals surface area contributed by atoms with E-state index in [0.29, 0.717) is 13.1 Å². The maximum absolute atomic E-state index is 12.4. The van der Waals surface area contributed by atoms with E-state index in [1.807, 2.05) is 11.8 Å². The molecule has 2 saturated heterocycles. The number of carbonyl (C=O) groups is 2. The highest BCUT2D eigenvalue weighted by Crippen LogP contribution is 2.19. The van der Waals surface area contributed by atoms with Gasteiger partial charge < -0.3 is 20.4 Å². The van der Waals surface area contributed by atoms with Gasteiger partial charge in [-0.2, -0.15) is 0 Å². The standard InChI is InChI=1S/C12H22N4O2/c1-2-14-12(18)16-7-3-4-10(16)11(17)15-8-5-13-6-9-15/h10,13H,2-9H2,1H3,(H,14,18). The number of carbonyl (C=O) groups excluding carboxylic acids is 2. The zero-order chi connectivity index (χ0) is 13.0. The fraction of sp³-hybridized carbons (Fsp3) is 0.833. The fourth-order valence-electron chi connectivity index (χ4n) is 2.62. The molecule has 2 rings (SSSR count). The normalized spacial score (nSPS) is 24.2. The molecule has 2 heterocycles. The van der Waals surface area contributed by atoms with Crippen molar-refractivity contribution in [3.05, 3.63) is 0 Å². The second kappa shape index (κ2) is 6.04. The Bertz CT molecular complexity index is 315. The topological polar surface area (TPSA) is 64.7 Å². The van der Waals surface area contributed by atoms with Gasteiger partial charge in [-0.3, -0.25) is 4.79 Å². The summed E-state index contributed by atoms with van der Waals surface area (Å²) in [4.78, 5) is 27.8. The molecule has 2 fully saturated rings. The van der Waals surface area contributed by atoms with Crippen molar-refractivity contribution in [1.82, 2.24) is 20.4 Å². The molecular weight excluding hydrogens is 232 g/mol. The average molecular weight is 254 g/mol. The summed E-state index contributed by atoms with van der Waals surface area (Å²) in [5, 5.41) is 6.01. The Kier molecular flexibility index (Phi) is 4.41. The molecule has 3 amide bonds. The first-order chi connectivity index (χ1) is 8.74. The Labute approximate surface area is 108 Å². The van der Waals surface area contributed by atoms with E-state index < -0.39 is 0 Å². The molecular formula is C12H22N4O2. The van der Waals surface area contributed by atoms with Gasteiger partial charge in [-0.05, 0) is 19.8 Å². The molecule has 102 valence electrons. The number of piperazine rings is 1. The number of likely N-dealkylation sites (tertiary alicyclic amines) is 1. The lowest BCUT2D eigenvalue weighted by Crippen LogP contribution is -2.54. The van der Waals surface area contributed by atoms with Crippen LogP contribution < -0.4 is 10.6 Å². The molecule has 2 N–H and O–H groups in total. The van der Waals surface area contributed by atoms with Crippen molar-refractivity contribution in [3.63, 3.8) is 0 Å². The summed E-state index contributed by atoms with van der Waals surface area (Å²) >= 11 is 0. The van der Waals surface area contributed by atoms with Gasteiger partial charge >= 0.3 is 6.03 Å². The molecule has 18 heavy (non-hydrogen) atoms. The summed E-state index contributed by atoms with van der Waals surface area (Å²) in [6, 6.07) is -0.363. The smallest absolute Gasteiger partial charge is 0.318 e.